The van der Waals surface area contributed by atoms with E-state index in [9.17, 15) is 14.7 Å². The lowest BCUT2D eigenvalue weighted by Crippen LogP contribution is -2.41. The number of rotatable bonds is 4. The third-order valence-corrected chi connectivity index (χ3v) is 2.32. The molecule has 0 saturated heterocycles. The van der Waals surface area contributed by atoms with Gasteiger partial charge in [0.25, 0.3) is 5.91 Å². The van der Waals surface area contributed by atoms with Gasteiger partial charge in [-0.1, -0.05) is 12.0 Å². The van der Waals surface area contributed by atoms with Crippen LogP contribution in [0.1, 0.15) is 12.5 Å². The normalized spacial score (nSPS) is 11.0. The Kier molecular flexibility index (Phi) is 4.77. The van der Waals surface area contributed by atoms with Crippen LogP contribution >= 0.6 is 0 Å². The van der Waals surface area contributed by atoms with E-state index in [1.807, 2.05) is 0 Å². The summed E-state index contributed by atoms with van der Waals surface area (Å²) >= 11 is 0. The maximum absolute atomic E-state index is 11.2. The zero-order chi connectivity index (χ0) is 14.4. The Hall–Kier alpha value is -2.68. The Morgan fingerprint density at radius 2 is 2.00 bits per heavy atom. The number of benzene rings is 1. The summed E-state index contributed by atoms with van der Waals surface area (Å²) in [5.41, 5.74) is 0.465. The minimum atomic E-state index is -1.21. The third kappa shape index (κ3) is 4.24. The average Bonchev–Trinajstić information content (AvgIpc) is 2.33. The minimum absolute atomic E-state index is 0.0275. The first kappa shape index (κ1) is 14.4. The van der Waals surface area contributed by atoms with Crippen LogP contribution < -0.4 is 5.32 Å². The van der Waals surface area contributed by atoms with E-state index in [1.54, 1.807) is 0 Å². The van der Waals surface area contributed by atoms with Crippen molar-refractivity contribution < 1.29 is 24.9 Å². The van der Waals surface area contributed by atoms with E-state index < -0.39 is 17.9 Å². The number of amides is 1. The molecule has 0 spiro atoms. The maximum Gasteiger partial charge on any atom is 0.326 e. The molecule has 19 heavy (non-hydrogen) atoms. The van der Waals surface area contributed by atoms with Gasteiger partial charge < -0.3 is 20.6 Å². The van der Waals surface area contributed by atoms with Gasteiger partial charge in [-0.25, -0.2) is 4.79 Å². The van der Waals surface area contributed by atoms with Crippen molar-refractivity contribution in [2.45, 2.75) is 19.4 Å². The van der Waals surface area contributed by atoms with Crippen molar-refractivity contribution in [1.82, 2.24) is 5.32 Å². The molecular weight excluding hydrogens is 250 g/mol. The lowest BCUT2D eigenvalue weighted by molar-refractivity contribution is -0.141. The predicted molar refractivity (Wildman–Crippen MR) is 66.5 cm³/mol. The smallest absolute Gasteiger partial charge is 0.326 e. The molecular formula is C13H13NO5. The average molecular weight is 263 g/mol. The van der Waals surface area contributed by atoms with E-state index in [2.05, 4.69) is 17.2 Å². The molecule has 0 aliphatic rings. The molecule has 6 heteroatoms. The molecule has 1 unspecified atom stereocenters. The summed E-state index contributed by atoms with van der Waals surface area (Å²) < 4.78 is 0. The molecule has 0 fully saturated rings. The van der Waals surface area contributed by atoms with E-state index in [0.717, 1.165) is 0 Å². The molecule has 1 rings (SSSR count). The zero-order valence-corrected chi connectivity index (χ0v) is 10.2. The van der Waals surface area contributed by atoms with Crippen LogP contribution in [0.15, 0.2) is 18.2 Å². The van der Waals surface area contributed by atoms with Crippen LogP contribution in [0, 0.1) is 11.8 Å². The van der Waals surface area contributed by atoms with Crippen molar-refractivity contribution in [1.29, 1.82) is 0 Å². The van der Waals surface area contributed by atoms with Gasteiger partial charge in [-0.05, 0) is 30.5 Å². The minimum Gasteiger partial charge on any atom is -0.504 e. The van der Waals surface area contributed by atoms with Gasteiger partial charge in [0.2, 0.25) is 0 Å². The summed E-state index contributed by atoms with van der Waals surface area (Å²) in [5.74, 6) is 2.02. The highest BCUT2D eigenvalue weighted by Crippen LogP contribution is 2.25. The molecule has 0 saturated carbocycles. The largest absolute Gasteiger partial charge is 0.504 e. The number of carbonyl (C=O) groups excluding carboxylic acids is 1. The SMILES string of the molecule is CC#CC(=O)NC(Cc1ccc(O)c(O)c1)C(=O)O. The third-order valence-electron chi connectivity index (χ3n) is 2.32. The quantitative estimate of drug-likeness (QED) is 0.459. The molecule has 4 N–H and O–H groups in total. The van der Waals surface area contributed by atoms with Crippen molar-refractivity contribution in [3.05, 3.63) is 23.8 Å². The zero-order valence-electron chi connectivity index (χ0n) is 10.2. The molecule has 0 bridgehead atoms. The van der Waals surface area contributed by atoms with Gasteiger partial charge in [0.1, 0.15) is 6.04 Å². The molecule has 1 aromatic rings. The number of carboxylic acids is 1. The predicted octanol–water partition coefficient (Wildman–Crippen LogP) is 0.233. The molecule has 0 aliphatic carbocycles. The van der Waals surface area contributed by atoms with Gasteiger partial charge in [-0.3, -0.25) is 4.79 Å². The fourth-order valence-corrected chi connectivity index (χ4v) is 1.44. The van der Waals surface area contributed by atoms with E-state index in [-0.39, 0.29) is 17.9 Å². The van der Waals surface area contributed by atoms with Gasteiger partial charge >= 0.3 is 5.97 Å². The van der Waals surface area contributed by atoms with Crippen LogP contribution in [0.2, 0.25) is 0 Å². The first-order chi connectivity index (χ1) is 8.93. The first-order valence-corrected chi connectivity index (χ1v) is 5.41. The summed E-state index contributed by atoms with van der Waals surface area (Å²) in [6.07, 6.45) is -0.0275. The number of phenols is 2. The molecule has 0 heterocycles. The number of aromatic hydroxyl groups is 2. The van der Waals surface area contributed by atoms with E-state index in [1.165, 1.54) is 25.1 Å². The van der Waals surface area contributed by atoms with E-state index in [0.29, 0.717) is 5.56 Å². The number of aliphatic carboxylic acids is 1. The molecule has 0 aliphatic heterocycles. The van der Waals surface area contributed by atoms with Crippen LogP contribution in [0.3, 0.4) is 0 Å². The van der Waals surface area contributed by atoms with E-state index in [4.69, 9.17) is 10.2 Å². The second-order valence-electron chi connectivity index (χ2n) is 3.77. The van der Waals surface area contributed by atoms with Gasteiger partial charge in [-0.15, -0.1) is 0 Å². The van der Waals surface area contributed by atoms with Crippen LogP contribution in [0.5, 0.6) is 11.5 Å². The van der Waals surface area contributed by atoms with Crippen LogP contribution in [0.4, 0.5) is 0 Å². The number of hydrogen-bond acceptors (Lipinski definition) is 4. The summed E-state index contributed by atoms with van der Waals surface area (Å²) in [4.78, 5) is 22.3. The van der Waals surface area contributed by atoms with Crippen molar-refractivity contribution in [3.63, 3.8) is 0 Å². The fourth-order valence-electron chi connectivity index (χ4n) is 1.44. The topological polar surface area (TPSA) is 107 Å². The van der Waals surface area contributed by atoms with Gasteiger partial charge in [0.15, 0.2) is 11.5 Å². The second-order valence-corrected chi connectivity index (χ2v) is 3.77. The fraction of sp³-hybridized carbons (Fsp3) is 0.231. The molecule has 0 radical (unpaired) electrons. The summed E-state index contributed by atoms with van der Waals surface area (Å²) in [7, 11) is 0. The van der Waals surface area contributed by atoms with Crippen LogP contribution in [0.25, 0.3) is 0 Å². The molecule has 100 valence electrons. The van der Waals surface area contributed by atoms with Crippen molar-refractivity contribution in [3.8, 4) is 23.3 Å². The van der Waals surface area contributed by atoms with Gasteiger partial charge in [0, 0.05) is 6.42 Å². The van der Waals surface area contributed by atoms with Gasteiger partial charge in [-0.2, -0.15) is 0 Å². The number of carboxylic acid groups (broad SMARTS) is 1. The lowest BCUT2D eigenvalue weighted by atomic mass is 10.1. The number of nitrogens with one attached hydrogen (secondary N) is 1. The summed E-state index contributed by atoms with van der Waals surface area (Å²) in [6, 6.07) is 2.79. The highest BCUT2D eigenvalue weighted by atomic mass is 16.4. The molecule has 1 aromatic carbocycles. The highest BCUT2D eigenvalue weighted by Gasteiger charge is 2.20. The highest BCUT2D eigenvalue weighted by molar-refractivity contribution is 5.96. The molecule has 6 nitrogen and oxygen atoms in total. The Morgan fingerprint density at radius 3 is 2.53 bits per heavy atom. The molecule has 1 amide bonds. The van der Waals surface area contributed by atoms with Crippen molar-refractivity contribution in [2.75, 3.05) is 0 Å². The Morgan fingerprint density at radius 1 is 1.32 bits per heavy atom. The Labute approximate surface area is 109 Å². The second kappa shape index (κ2) is 6.31. The van der Waals surface area contributed by atoms with Crippen LogP contribution in [-0.2, 0) is 16.0 Å². The summed E-state index contributed by atoms with van der Waals surface area (Å²) in [5, 5.41) is 29.7. The summed E-state index contributed by atoms with van der Waals surface area (Å²) in [6.45, 7) is 1.47. The number of carbonyl (C=O) groups is 2. The Balaban J connectivity index is 2.83. The van der Waals surface area contributed by atoms with Gasteiger partial charge in [0.05, 0.1) is 0 Å². The standard InChI is InChI=1S/C13H13NO5/c1-2-3-12(17)14-9(13(18)19)6-8-4-5-10(15)11(16)7-8/h4-5,7,9,15-16H,6H2,1H3,(H,14,17)(H,18,19). The lowest BCUT2D eigenvalue weighted by Gasteiger charge is -2.13. The van der Waals surface area contributed by atoms with Crippen LogP contribution in [-0.4, -0.2) is 33.2 Å². The van der Waals surface area contributed by atoms with Crippen molar-refractivity contribution >= 4 is 11.9 Å². The molecule has 0 aromatic heterocycles. The number of phenolic OH excluding ortho intramolecular Hbond substituents is 2. The Bertz CT molecular complexity index is 556. The van der Waals surface area contributed by atoms with Crippen molar-refractivity contribution in [2.24, 2.45) is 0 Å². The number of hydrogen-bond donors (Lipinski definition) is 4. The monoisotopic (exact) mass is 263 g/mol. The van der Waals surface area contributed by atoms with E-state index >= 15 is 0 Å². The first-order valence-electron chi connectivity index (χ1n) is 5.41. The maximum atomic E-state index is 11.2. The molecule has 1 atom stereocenters.